The molecule has 1 aliphatic rings. The Morgan fingerprint density at radius 1 is 1.31 bits per heavy atom. The molecule has 16 heavy (non-hydrogen) atoms. The molecule has 1 aliphatic heterocycles. The number of nitrogens with zero attached hydrogens (tertiary/aromatic N) is 1. The maximum atomic E-state index is 6.01. The molecule has 0 aliphatic carbocycles. The van der Waals surface area contributed by atoms with Crippen molar-refractivity contribution in [2.24, 2.45) is 5.73 Å². The molecule has 1 aromatic rings. The highest BCUT2D eigenvalue weighted by Crippen LogP contribution is 2.25. The quantitative estimate of drug-likeness (QED) is 0.874. The van der Waals surface area contributed by atoms with Gasteiger partial charge < -0.3 is 15.4 Å². The van der Waals surface area contributed by atoms with Crippen LogP contribution in [0.4, 0.5) is 5.69 Å². The maximum absolute atomic E-state index is 6.01. The van der Waals surface area contributed by atoms with Gasteiger partial charge in [0, 0.05) is 23.8 Å². The van der Waals surface area contributed by atoms with Gasteiger partial charge in [0.2, 0.25) is 0 Å². The van der Waals surface area contributed by atoms with Crippen LogP contribution in [0.5, 0.6) is 0 Å². The molecular formula is C12H17ClN2O. The van der Waals surface area contributed by atoms with Crippen molar-refractivity contribution in [1.29, 1.82) is 0 Å². The standard InChI is InChI=1S/C12H17ClN2O/c13-11-1-2-12(10(9-11)3-4-14)15-5-7-16-8-6-15/h1-2,9H,3-8,14H2. The molecule has 2 N–H and O–H groups in total. The number of rotatable bonds is 3. The molecule has 1 aromatic carbocycles. The predicted molar refractivity (Wildman–Crippen MR) is 67.2 cm³/mol. The number of nitrogens with two attached hydrogens (primary N) is 1. The fourth-order valence-electron chi connectivity index (χ4n) is 2.02. The minimum absolute atomic E-state index is 0.650. The number of benzene rings is 1. The van der Waals surface area contributed by atoms with E-state index >= 15 is 0 Å². The highest BCUT2D eigenvalue weighted by atomic mass is 35.5. The van der Waals surface area contributed by atoms with Gasteiger partial charge in [-0.1, -0.05) is 11.6 Å². The Morgan fingerprint density at radius 3 is 2.75 bits per heavy atom. The molecule has 88 valence electrons. The first-order valence-electron chi connectivity index (χ1n) is 5.62. The third-order valence-electron chi connectivity index (χ3n) is 2.81. The Bertz CT molecular complexity index is 351. The van der Waals surface area contributed by atoms with Gasteiger partial charge >= 0.3 is 0 Å². The number of hydrogen-bond donors (Lipinski definition) is 1. The highest BCUT2D eigenvalue weighted by Gasteiger charge is 2.14. The van der Waals surface area contributed by atoms with Gasteiger partial charge in [-0.15, -0.1) is 0 Å². The SMILES string of the molecule is NCCc1cc(Cl)ccc1N1CCOCC1. The van der Waals surface area contributed by atoms with Crippen molar-refractivity contribution in [1.82, 2.24) is 0 Å². The van der Waals surface area contributed by atoms with Gasteiger partial charge in [0.1, 0.15) is 0 Å². The van der Waals surface area contributed by atoms with Gasteiger partial charge in [-0.3, -0.25) is 0 Å². The Hall–Kier alpha value is -0.770. The van der Waals surface area contributed by atoms with E-state index in [1.165, 1.54) is 11.3 Å². The molecule has 4 heteroatoms. The van der Waals surface area contributed by atoms with Crippen LogP contribution < -0.4 is 10.6 Å². The molecular weight excluding hydrogens is 224 g/mol. The Balaban J connectivity index is 2.23. The number of halogens is 1. The van der Waals surface area contributed by atoms with Crippen LogP contribution in [0, 0.1) is 0 Å². The number of hydrogen-bond acceptors (Lipinski definition) is 3. The fraction of sp³-hybridized carbons (Fsp3) is 0.500. The molecule has 3 nitrogen and oxygen atoms in total. The molecule has 0 atom stereocenters. The first-order valence-corrected chi connectivity index (χ1v) is 6.00. The summed E-state index contributed by atoms with van der Waals surface area (Å²) in [5.74, 6) is 0. The lowest BCUT2D eigenvalue weighted by molar-refractivity contribution is 0.122. The van der Waals surface area contributed by atoms with Gasteiger partial charge in [-0.25, -0.2) is 0 Å². The van der Waals surface area contributed by atoms with E-state index < -0.39 is 0 Å². The lowest BCUT2D eigenvalue weighted by Gasteiger charge is -2.30. The van der Waals surface area contributed by atoms with E-state index in [2.05, 4.69) is 11.0 Å². The summed E-state index contributed by atoms with van der Waals surface area (Å²) in [6, 6.07) is 6.03. The zero-order chi connectivity index (χ0) is 11.4. The van der Waals surface area contributed by atoms with Gasteiger partial charge in [0.15, 0.2) is 0 Å². The van der Waals surface area contributed by atoms with E-state index in [0.717, 1.165) is 37.7 Å². The van der Waals surface area contributed by atoms with Crippen LogP contribution in [0.25, 0.3) is 0 Å². The largest absolute Gasteiger partial charge is 0.378 e. The van der Waals surface area contributed by atoms with Crippen LogP contribution in [0.2, 0.25) is 5.02 Å². The molecule has 2 rings (SSSR count). The van der Waals surface area contributed by atoms with Crippen LogP contribution in [-0.2, 0) is 11.2 Å². The van der Waals surface area contributed by atoms with Crippen LogP contribution in [0.3, 0.4) is 0 Å². The lowest BCUT2D eigenvalue weighted by Crippen LogP contribution is -2.36. The first kappa shape index (κ1) is 11.7. The molecule has 0 spiro atoms. The Morgan fingerprint density at radius 2 is 2.06 bits per heavy atom. The van der Waals surface area contributed by atoms with Crippen LogP contribution in [0.15, 0.2) is 18.2 Å². The molecule has 1 heterocycles. The minimum atomic E-state index is 0.650. The first-order chi connectivity index (χ1) is 7.81. The summed E-state index contributed by atoms with van der Waals surface area (Å²) < 4.78 is 5.35. The maximum Gasteiger partial charge on any atom is 0.0642 e. The second-order valence-corrected chi connectivity index (χ2v) is 4.35. The highest BCUT2D eigenvalue weighted by molar-refractivity contribution is 6.30. The summed E-state index contributed by atoms with van der Waals surface area (Å²) in [7, 11) is 0. The van der Waals surface area contributed by atoms with Crippen molar-refractivity contribution in [2.75, 3.05) is 37.7 Å². The zero-order valence-corrected chi connectivity index (χ0v) is 10.0. The van der Waals surface area contributed by atoms with E-state index in [1.54, 1.807) is 0 Å². The zero-order valence-electron chi connectivity index (χ0n) is 9.29. The van der Waals surface area contributed by atoms with E-state index in [-0.39, 0.29) is 0 Å². The van der Waals surface area contributed by atoms with Crippen molar-refractivity contribution in [3.05, 3.63) is 28.8 Å². The second kappa shape index (κ2) is 5.53. The summed E-state index contributed by atoms with van der Waals surface area (Å²) in [6.45, 7) is 4.13. The monoisotopic (exact) mass is 240 g/mol. The molecule has 0 aromatic heterocycles. The normalized spacial score (nSPS) is 16.5. The minimum Gasteiger partial charge on any atom is -0.378 e. The predicted octanol–water partition coefficient (Wildman–Crippen LogP) is 1.68. The summed E-state index contributed by atoms with van der Waals surface area (Å²) in [5.41, 5.74) is 8.10. The van der Waals surface area contributed by atoms with Crippen LogP contribution in [0.1, 0.15) is 5.56 Å². The van der Waals surface area contributed by atoms with E-state index in [9.17, 15) is 0 Å². The summed E-state index contributed by atoms with van der Waals surface area (Å²) in [4.78, 5) is 2.34. The Labute approximate surface area is 101 Å². The van der Waals surface area contributed by atoms with Gasteiger partial charge in [0.05, 0.1) is 13.2 Å². The molecule has 0 radical (unpaired) electrons. The molecule has 0 bridgehead atoms. The summed E-state index contributed by atoms with van der Waals surface area (Å²) in [6.07, 6.45) is 0.868. The third kappa shape index (κ3) is 2.67. The van der Waals surface area contributed by atoms with Crippen molar-refractivity contribution in [2.45, 2.75) is 6.42 Å². The van der Waals surface area contributed by atoms with Gasteiger partial charge in [-0.2, -0.15) is 0 Å². The number of anilines is 1. The van der Waals surface area contributed by atoms with Crippen molar-refractivity contribution >= 4 is 17.3 Å². The van der Waals surface area contributed by atoms with Crippen molar-refractivity contribution in [3.63, 3.8) is 0 Å². The third-order valence-corrected chi connectivity index (χ3v) is 3.04. The Kier molecular flexibility index (Phi) is 4.04. The smallest absolute Gasteiger partial charge is 0.0642 e. The topological polar surface area (TPSA) is 38.5 Å². The average molecular weight is 241 g/mol. The number of ether oxygens (including phenoxy) is 1. The fourth-order valence-corrected chi connectivity index (χ4v) is 2.22. The van der Waals surface area contributed by atoms with E-state index in [1.807, 2.05) is 12.1 Å². The van der Waals surface area contributed by atoms with Crippen molar-refractivity contribution in [3.8, 4) is 0 Å². The van der Waals surface area contributed by atoms with Gasteiger partial charge in [-0.05, 0) is 36.7 Å². The average Bonchev–Trinajstić information content (AvgIpc) is 2.31. The van der Waals surface area contributed by atoms with E-state index in [4.69, 9.17) is 22.1 Å². The van der Waals surface area contributed by atoms with Crippen LogP contribution >= 0.6 is 11.6 Å². The number of morpholine rings is 1. The molecule has 1 saturated heterocycles. The van der Waals surface area contributed by atoms with Crippen molar-refractivity contribution < 1.29 is 4.74 Å². The molecule has 0 saturated carbocycles. The lowest BCUT2D eigenvalue weighted by atomic mass is 10.1. The second-order valence-electron chi connectivity index (χ2n) is 3.91. The summed E-state index contributed by atoms with van der Waals surface area (Å²) >= 11 is 6.01. The van der Waals surface area contributed by atoms with Crippen LogP contribution in [-0.4, -0.2) is 32.8 Å². The molecule has 0 unspecified atom stereocenters. The summed E-state index contributed by atoms with van der Waals surface area (Å²) in [5, 5.41) is 0.778. The molecule has 0 amide bonds. The van der Waals surface area contributed by atoms with E-state index in [0.29, 0.717) is 6.54 Å². The van der Waals surface area contributed by atoms with Gasteiger partial charge in [0.25, 0.3) is 0 Å². The molecule has 1 fully saturated rings.